The van der Waals surface area contributed by atoms with Gasteiger partial charge in [-0.05, 0) is 55.1 Å². The van der Waals surface area contributed by atoms with Crippen LogP contribution in [-0.2, 0) is 23.0 Å². The molecule has 0 bridgehead atoms. The van der Waals surface area contributed by atoms with E-state index in [9.17, 15) is 12.8 Å². The van der Waals surface area contributed by atoms with Gasteiger partial charge in [0.05, 0.1) is 4.90 Å². The van der Waals surface area contributed by atoms with Crippen LogP contribution in [0.5, 0.6) is 0 Å². The highest BCUT2D eigenvalue weighted by atomic mass is 32.2. The van der Waals surface area contributed by atoms with Gasteiger partial charge in [0.15, 0.2) is 0 Å². The maximum Gasteiger partial charge on any atom is 0.240 e. The Bertz CT molecular complexity index is 824. The van der Waals surface area contributed by atoms with E-state index in [1.54, 1.807) is 0 Å². The van der Waals surface area contributed by atoms with Crippen molar-refractivity contribution in [2.45, 2.75) is 30.7 Å². The molecule has 3 rings (SSSR count). The third kappa shape index (κ3) is 4.87. The molecule has 0 aliphatic carbocycles. The van der Waals surface area contributed by atoms with Crippen molar-refractivity contribution in [2.75, 3.05) is 19.6 Å². The first-order valence-corrected chi connectivity index (χ1v) is 10.1. The quantitative estimate of drug-likeness (QED) is 0.771. The van der Waals surface area contributed by atoms with Gasteiger partial charge in [0, 0.05) is 19.6 Å². The van der Waals surface area contributed by atoms with Crippen molar-refractivity contribution in [2.24, 2.45) is 0 Å². The number of hydrogen-bond donors (Lipinski definition) is 1. The second kappa shape index (κ2) is 8.08. The van der Waals surface area contributed by atoms with Gasteiger partial charge >= 0.3 is 0 Å². The highest BCUT2D eigenvalue weighted by molar-refractivity contribution is 7.89. The van der Waals surface area contributed by atoms with Crippen molar-refractivity contribution < 1.29 is 12.8 Å². The second-order valence-corrected chi connectivity index (χ2v) is 8.12. The van der Waals surface area contributed by atoms with Gasteiger partial charge in [0.1, 0.15) is 5.82 Å². The fraction of sp³-hybridized carbons (Fsp3) is 0.368. The Morgan fingerprint density at radius 1 is 1.04 bits per heavy atom. The average Bonchev–Trinajstić information content (AvgIpc) is 2.61. The van der Waals surface area contributed by atoms with Crippen LogP contribution in [0, 0.1) is 5.82 Å². The SMILES string of the molecule is O=S(=O)(NCCCCN1CCc2ccccc2C1)c1cccc(F)c1. The fourth-order valence-corrected chi connectivity index (χ4v) is 4.23. The van der Waals surface area contributed by atoms with E-state index in [-0.39, 0.29) is 4.90 Å². The summed E-state index contributed by atoms with van der Waals surface area (Å²) >= 11 is 0. The Balaban J connectivity index is 1.41. The van der Waals surface area contributed by atoms with Crippen molar-refractivity contribution >= 4 is 10.0 Å². The number of unbranched alkanes of at least 4 members (excludes halogenated alkanes) is 1. The van der Waals surface area contributed by atoms with E-state index in [1.165, 1.54) is 29.3 Å². The average molecular weight is 362 g/mol. The van der Waals surface area contributed by atoms with E-state index < -0.39 is 15.8 Å². The number of nitrogens with zero attached hydrogens (tertiary/aromatic N) is 1. The normalized spacial score (nSPS) is 15.1. The lowest BCUT2D eigenvalue weighted by molar-refractivity contribution is 0.249. The highest BCUT2D eigenvalue weighted by Gasteiger charge is 2.16. The summed E-state index contributed by atoms with van der Waals surface area (Å²) in [6.45, 7) is 3.33. The van der Waals surface area contributed by atoms with Crippen LogP contribution in [0.3, 0.4) is 0 Å². The number of rotatable bonds is 7. The predicted molar refractivity (Wildman–Crippen MR) is 96.2 cm³/mol. The summed E-state index contributed by atoms with van der Waals surface area (Å²) in [5.41, 5.74) is 2.82. The lowest BCUT2D eigenvalue weighted by Gasteiger charge is -2.28. The summed E-state index contributed by atoms with van der Waals surface area (Å²) in [7, 11) is -3.63. The van der Waals surface area contributed by atoms with Crippen molar-refractivity contribution in [3.8, 4) is 0 Å². The van der Waals surface area contributed by atoms with Gasteiger partial charge in [-0.2, -0.15) is 0 Å². The summed E-state index contributed by atoms with van der Waals surface area (Å²) in [5.74, 6) is -0.548. The highest BCUT2D eigenvalue weighted by Crippen LogP contribution is 2.18. The third-order valence-corrected chi connectivity index (χ3v) is 5.97. The van der Waals surface area contributed by atoms with Gasteiger partial charge in [-0.25, -0.2) is 17.5 Å². The molecule has 4 nitrogen and oxygen atoms in total. The van der Waals surface area contributed by atoms with E-state index in [2.05, 4.69) is 33.9 Å². The van der Waals surface area contributed by atoms with E-state index in [4.69, 9.17) is 0 Å². The Hall–Kier alpha value is -1.76. The van der Waals surface area contributed by atoms with Crippen LogP contribution < -0.4 is 4.72 Å². The van der Waals surface area contributed by atoms with Gasteiger partial charge in [-0.1, -0.05) is 30.3 Å². The number of hydrogen-bond acceptors (Lipinski definition) is 3. The zero-order valence-corrected chi connectivity index (χ0v) is 14.9. The maximum absolute atomic E-state index is 13.2. The molecular formula is C19H23FN2O2S. The standard InChI is InChI=1S/C19H23FN2O2S/c20-18-8-5-9-19(14-18)25(23,24)21-11-3-4-12-22-13-10-16-6-1-2-7-17(16)15-22/h1-2,5-9,14,21H,3-4,10-13,15H2. The van der Waals surface area contributed by atoms with Gasteiger partial charge < -0.3 is 0 Å². The van der Waals surface area contributed by atoms with E-state index in [1.807, 2.05) is 0 Å². The minimum atomic E-state index is -3.63. The number of fused-ring (bicyclic) bond motifs is 1. The summed E-state index contributed by atoms with van der Waals surface area (Å²) in [6, 6.07) is 13.6. The molecule has 0 unspecified atom stereocenters. The molecular weight excluding hydrogens is 339 g/mol. The van der Waals surface area contributed by atoms with E-state index in [0.29, 0.717) is 6.54 Å². The molecule has 0 saturated carbocycles. The zero-order chi connectivity index (χ0) is 17.7. The van der Waals surface area contributed by atoms with Crippen molar-refractivity contribution in [1.82, 2.24) is 9.62 Å². The van der Waals surface area contributed by atoms with Crippen LogP contribution in [0.4, 0.5) is 4.39 Å². The van der Waals surface area contributed by atoms with Crippen LogP contribution in [0.1, 0.15) is 24.0 Å². The first-order valence-electron chi connectivity index (χ1n) is 8.59. The number of halogens is 1. The molecule has 25 heavy (non-hydrogen) atoms. The molecule has 1 heterocycles. The van der Waals surface area contributed by atoms with Gasteiger partial charge in [-0.3, -0.25) is 4.90 Å². The smallest absolute Gasteiger partial charge is 0.240 e. The van der Waals surface area contributed by atoms with Crippen LogP contribution in [-0.4, -0.2) is 33.0 Å². The number of benzene rings is 2. The fourth-order valence-electron chi connectivity index (χ4n) is 3.13. The molecule has 0 amide bonds. The minimum absolute atomic E-state index is 0.0277. The van der Waals surface area contributed by atoms with Crippen LogP contribution >= 0.6 is 0 Å². The second-order valence-electron chi connectivity index (χ2n) is 6.36. The van der Waals surface area contributed by atoms with Crippen molar-refractivity contribution in [3.05, 3.63) is 65.5 Å². The van der Waals surface area contributed by atoms with E-state index >= 15 is 0 Å². The first kappa shape index (κ1) is 18.0. The topological polar surface area (TPSA) is 49.4 Å². The third-order valence-electron chi connectivity index (χ3n) is 4.51. The predicted octanol–water partition coefficient (Wildman–Crippen LogP) is 2.94. The van der Waals surface area contributed by atoms with Crippen LogP contribution in [0.15, 0.2) is 53.4 Å². The molecule has 0 atom stereocenters. The number of sulfonamides is 1. The lowest BCUT2D eigenvalue weighted by atomic mass is 10.00. The molecule has 1 N–H and O–H groups in total. The molecule has 1 aliphatic heterocycles. The minimum Gasteiger partial charge on any atom is -0.299 e. The molecule has 1 aliphatic rings. The lowest BCUT2D eigenvalue weighted by Crippen LogP contribution is -2.32. The van der Waals surface area contributed by atoms with Gasteiger partial charge in [0.25, 0.3) is 0 Å². The molecule has 0 radical (unpaired) electrons. The zero-order valence-electron chi connectivity index (χ0n) is 14.1. The molecule has 0 aromatic heterocycles. The monoisotopic (exact) mass is 362 g/mol. The van der Waals surface area contributed by atoms with E-state index in [0.717, 1.165) is 45.0 Å². The number of nitrogens with one attached hydrogen (secondary N) is 1. The van der Waals surface area contributed by atoms with Crippen molar-refractivity contribution in [3.63, 3.8) is 0 Å². The Kier molecular flexibility index (Phi) is 5.83. The molecule has 6 heteroatoms. The summed E-state index contributed by atoms with van der Waals surface area (Å²) < 4.78 is 39.9. The molecule has 134 valence electrons. The maximum atomic E-state index is 13.2. The van der Waals surface area contributed by atoms with Gasteiger partial charge in [-0.15, -0.1) is 0 Å². The Morgan fingerprint density at radius 2 is 1.84 bits per heavy atom. The van der Waals surface area contributed by atoms with Gasteiger partial charge in [0.2, 0.25) is 10.0 Å². The summed E-state index contributed by atoms with van der Waals surface area (Å²) in [5, 5.41) is 0. The molecule has 2 aromatic rings. The molecule has 0 fully saturated rings. The largest absolute Gasteiger partial charge is 0.299 e. The van der Waals surface area contributed by atoms with Crippen LogP contribution in [0.2, 0.25) is 0 Å². The summed E-state index contributed by atoms with van der Waals surface area (Å²) in [6.07, 6.45) is 2.75. The Morgan fingerprint density at radius 3 is 2.64 bits per heavy atom. The molecule has 2 aromatic carbocycles. The first-order chi connectivity index (χ1) is 12.0. The van der Waals surface area contributed by atoms with Crippen molar-refractivity contribution in [1.29, 1.82) is 0 Å². The molecule has 0 spiro atoms. The molecule has 0 saturated heterocycles. The Labute approximate surface area is 148 Å². The van der Waals surface area contributed by atoms with Crippen LogP contribution in [0.25, 0.3) is 0 Å². The summed E-state index contributed by atoms with van der Waals surface area (Å²) in [4.78, 5) is 2.38.